The molecule has 1 aromatic rings. The van der Waals surface area contributed by atoms with Gasteiger partial charge in [0, 0.05) is 50.2 Å². The van der Waals surface area contributed by atoms with E-state index in [0.717, 1.165) is 44.1 Å². The van der Waals surface area contributed by atoms with Gasteiger partial charge in [0.1, 0.15) is 0 Å². The minimum absolute atomic E-state index is 0.265. The molecule has 0 radical (unpaired) electrons. The molecule has 4 rings (SSSR count). The van der Waals surface area contributed by atoms with E-state index in [0.29, 0.717) is 6.04 Å². The monoisotopic (exact) mass is 305 g/mol. The SMILES string of the molecule is O=C(c1cc2c(s1)CCCC2)N1CC(N2CCNCC2)C1. The quantitative estimate of drug-likeness (QED) is 0.896. The Labute approximate surface area is 130 Å². The number of nitrogens with zero attached hydrogens (tertiary/aromatic N) is 2. The fraction of sp³-hybridized carbons (Fsp3) is 0.688. The molecule has 0 bridgehead atoms. The van der Waals surface area contributed by atoms with E-state index < -0.39 is 0 Å². The number of nitrogens with one attached hydrogen (secondary N) is 1. The van der Waals surface area contributed by atoms with Crippen LogP contribution in [0.1, 0.15) is 33.0 Å². The molecular formula is C16H23N3OS. The van der Waals surface area contributed by atoms with E-state index in [1.165, 1.54) is 36.1 Å². The highest BCUT2D eigenvalue weighted by Crippen LogP contribution is 2.31. The second kappa shape index (κ2) is 5.71. The first kappa shape index (κ1) is 13.7. The summed E-state index contributed by atoms with van der Waals surface area (Å²) < 4.78 is 0. The molecule has 3 heterocycles. The minimum Gasteiger partial charge on any atom is -0.335 e. The van der Waals surface area contributed by atoms with Crippen molar-refractivity contribution in [2.24, 2.45) is 0 Å². The Morgan fingerprint density at radius 3 is 2.71 bits per heavy atom. The highest BCUT2D eigenvalue weighted by molar-refractivity contribution is 7.14. The molecule has 0 aromatic carbocycles. The van der Waals surface area contributed by atoms with Gasteiger partial charge in [0.05, 0.1) is 4.88 Å². The van der Waals surface area contributed by atoms with E-state index in [1.54, 1.807) is 11.3 Å². The van der Waals surface area contributed by atoms with Gasteiger partial charge in [0.15, 0.2) is 0 Å². The summed E-state index contributed by atoms with van der Waals surface area (Å²) in [6.07, 6.45) is 4.92. The predicted octanol–water partition coefficient (Wildman–Crippen LogP) is 1.36. The lowest BCUT2D eigenvalue weighted by Crippen LogP contribution is -2.63. The van der Waals surface area contributed by atoms with Crippen LogP contribution < -0.4 is 5.32 Å². The van der Waals surface area contributed by atoms with Gasteiger partial charge in [-0.25, -0.2) is 0 Å². The molecule has 1 N–H and O–H groups in total. The molecule has 0 spiro atoms. The number of carbonyl (C=O) groups is 1. The number of hydrogen-bond acceptors (Lipinski definition) is 4. The van der Waals surface area contributed by atoms with Gasteiger partial charge in [-0.15, -0.1) is 11.3 Å². The highest BCUT2D eigenvalue weighted by atomic mass is 32.1. The lowest BCUT2D eigenvalue weighted by molar-refractivity contribution is 0.0231. The van der Waals surface area contributed by atoms with Crippen LogP contribution in [0.5, 0.6) is 0 Å². The smallest absolute Gasteiger partial charge is 0.264 e. The number of likely N-dealkylation sites (tertiary alicyclic amines) is 1. The summed E-state index contributed by atoms with van der Waals surface area (Å²) in [6, 6.07) is 2.75. The Bertz CT molecular complexity index is 506. The van der Waals surface area contributed by atoms with Crippen LogP contribution in [0.25, 0.3) is 0 Å². The molecule has 4 nitrogen and oxygen atoms in total. The zero-order valence-corrected chi connectivity index (χ0v) is 13.3. The fourth-order valence-electron chi connectivity index (χ4n) is 3.65. The third kappa shape index (κ3) is 2.62. The van der Waals surface area contributed by atoms with Crippen molar-refractivity contribution in [1.29, 1.82) is 0 Å². The molecule has 2 saturated heterocycles. The topological polar surface area (TPSA) is 35.6 Å². The first-order valence-electron chi connectivity index (χ1n) is 8.17. The summed E-state index contributed by atoms with van der Waals surface area (Å²) in [5, 5.41) is 3.38. The van der Waals surface area contributed by atoms with Crippen molar-refractivity contribution < 1.29 is 4.79 Å². The minimum atomic E-state index is 0.265. The standard InChI is InChI=1S/C16H23N3OS/c20-16(15-9-12-3-1-2-4-14(12)21-15)19-10-13(11-19)18-7-5-17-6-8-18/h9,13,17H,1-8,10-11H2. The number of piperazine rings is 1. The summed E-state index contributed by atoms with van der Waals surface area (Å²) in [5.41, 5.74) is 1.44. The van der Waals surface area contributed by atoms with Gasteiger partial charge in [-0.3, -0.25) is 9.69 Å². The van der Waals surface area contributed by atoms with Gasteiger partial charge < -0.3 is 10.2 Å². The number of thiophene rings is 1. The Morgan fingerprint density at radius 2 is 1.95 bits per heavy atom. The molecule has 2 fully saturated rings. The van der Waals surface area contributed by atoms with E-state index in [2.05, 4.69) is 16.3 Å². The second-order valence-electron chi connectivity index (χ2n) is 6.42. The van der Waals surface area contributed by atoms with Gasteiger partial charge in [0.25, 0.3) is 5.91 Å². The third-order valence-electron chi connectivity index (χ3n) is 5.02. The normalized spacial score (nSPS) is 23.7. The summed E-state index contributed by atoms with van der Waals surface area (Å²) in [4.78, 5) is 19.6. The molecule has 1 aromatic heterocycles. The summed E-state index contributed by atoms with van der Waals surface area (Å²) in [5.74, 6) is 0.265. The summed E-state index contributed by atoms with van der Waals surface area (Å²) in [6.45, 7) is 6.26. The molecule has 0 saturated carbocycles. The van der Waals surface area contributed by atoms with Crippen LogP contribution in [-0.2, 0) is 12.8 Å². The van der Waals surface area contributed by atoms with E-state index in [1.807, 2.05) is 4.90 Å². The summed E-state index contributed by atoms with van der Waals surface area (Å²) >= 11 is 1.74. The number of rotatable bonds is 2. The molecule has 0 unspecified atom stereocenters. The number of amides is 1. The molecule has 3 aliphatic rings. The molecule has 5 heteroatoms. The first-order valence-corrected chi connectivity index (χ1v) is 8.98. The van der Waals surface area contributed by atoms with E-state index in [-0.39, 0.29) is 5.91 Å². The maximum Gasteiger partial charge on any atom is 0.264 e. The number of aryl methyl sites for hydroxylation is 2. The van der Waals surface area contributed by atoms with Crippen molar-refractivity contribution >= 4 is 17.2 Å². The van der Waals surface area contributed by atoms with Crippen LogP contribution in [0.3, 0.4) is 0 Å². The van der Waals surface area contributed by atoms with E-state index >= 15 is 0 Å². The maximum absolute atomic E-state index is 12.6. The first-order chi connectivity index (χ1) is 10.3. The zero-order valence-electron chi connectivity index (χ0n) is 12.4. The van der Waals surface area contributed by atoms with Crippen molar-refractivity contribution in [1.82, 2.24) is 15.1 Å². The molecule has 114 valence electrons. The lowest BCUT2D eigenvalue weighted by Gasteiger charge is -2.46. The predicted molar refractivity (Wildman–Crippen MR) is 85.1 cm³/mol. The molecule has 0 atom stereocenters. The van der Waals surface area contributed by atoms with E-state index in [9.17, 15) is 4.79 Å². The average Bonchev–Trinajstić information content (AvgIpc) is 2.90. The Balaban J connectivity index is 1.37. The van der Waals surface area contributed by atoms with Crippen LogP contribution in [0, 0.1) is 0 Å². The van der Waals surface area contributed by atoms with Gasteiger partial charge in [-0.1, -0.05) is 0 Å². The molecule has 21 heavy (non-hydrogen) atoms. The highest BCUT2D eigenvalue weighted by Gasteiger charge is 2.36. The van der Waals surface area contributed by atoms with Gasteiger partial charge in [-0.05, 0) is 37.3 Å². The van der Waals surface area contributed by atoms with Crippen LogP contribution in [0.2, 0.25) is 0 Å². The van der Waals surface area contributed by atoms with Gasteiger partial charge in [0.2, 0.25) is 0 Å². The number of carbonyl (C=O) groups excluding carboxylic acids is 1. The molecule has 1 amide bonds. The largest absolute Gasteiger partial charge is 0.335 e. The van der Waals surface area contributed by atoms with Crippen molar-refractivity contribution in [3.63, 3.8) is 0 Å². The fourth-order valence-corrected chi connectivity index (χ4v) is 4.87. The number of fused-ring (bicyclic) bond motifs is 1. The van der Waals surface area contributed by atoms with Crippen molar-refractivity contribution in [2.45, 2.75) is 31.7 Å². The van der Waals surface area contributed by atoms with Crippen LogP contribution in [0.15, 0.2) is 6.07 Å². The molecular weight excluding hydrogens is 282 g/mol. The van der Waals surface area contributed by atoms with Gasteiger partial charge in [-0.2, -0.15) is 0 Å². The molecule has 1 aliphatic carbocycles. The Morgan fingerprint density at radius 1 is 1.19 bits per heavy atom. The zero-order chi connectivity index (χ0) is 14.2. The van der Waals surface area contributed by atoms with Crippen molar-refractivity contribution in [2.75, 3.05) is 39.3 Å². The van der Waals surface area contributed by atoms with Crippen molar-refractivity contribution in [3.05, 3.63) is 21.4 Å². The second-order valence-corrected chi connectivity index (χ2v) is 7.55. The van der Waals surface area contributed by atoms with Crippen molar-refractivity contribution in [3.8, 4) is 0 Å². The van der Waals surface area contributed by atoms with Crippen LogP contribution in [0.4, 0.5) is 0 Å². The maximum atomic E-state index is 12.6. The summed E-state index contributed by atoms with van der Waals surface area (Å²) in [7, 11) is 0. The van der Waals surface area contributed by atoms with Gasteiger partial charge >= 0.3 is 0 Å². The molecule has 2 aliphatic heterocycles. The Hall–Kier alpha value is -0.910. The number of hydrogen-bond donors (Lipinski definition) is 1. The third-order valence-corrected chi connectivity index (χ3v) is 6.25. The average molecular weight is 305 g/mol. The van der Waals surface area contributed by atoms with Crippen LogP contribution >= 0.6 is 11.3 Å². The van der Waals surface area contributed by atoms with E-state index in [4.69, 9.17) is 0 Å². The lowest BCUT2D eigenvalue weighted by atomic mass is 9.99. The van der Waals surface area contributed by atoms with Crippen LogP contribution in [-0.4, -0.2) is 61.0 Å². The Kier molecular flexibility index (Phi) is 3.73.